The number of hydrogen-bond donors (Lipinski definition) is 1. The second-order valence-corrected chi connectivity index (χ2v) is 8.34. The summed E-state index contributed by atoms with van der Waals surface area (Å²) in [7, 11) is -3.72. The van der Waals surface area contributed by atoms with Crippen molar-refractivity contribution in [1.82, 2.24) is 9.29 Å². The number of hydrogen-bond acceptors (Lipinski definition) is 3. The second-order valence-electron chi connectivity index (χ2n) is 6.40. The molecule has 3 aromatic rings. The van der Waals surface area contributed by atoms with Crippen LogP contribution in [0, 0.1) is 0 Å². The highest BCUT2D eigenvalue weighted by Crippen LogP contribution is 2.34. The number of fused-ring (bicyclic) bond motifs is 1. The highest BCUT2D eigenvalue weighted by atomic mass is 32.2. The minimum Gasteiger partial charge on any atom is -0.354 e. The first kappa shape index (κ1) is 21.1. The zero-order valence-electron chi connectivity index (χ0n) is 15.7. The maximum atomic E-state index is 12.8. The Bertz CT molecular complexity index is 1150. The summed E-state index contributed by atoms with van der Waals surface area (Å²) in [5.74, 6) is 0. The molecule has 1 heterocycles. The number of benzene rings is 2. The molecule has 9 heteroatoms. The van der Waals surface area contributed by atoms with Gasteiger partial charge in [-0.2, -0.15) is 17.5 Å². The van der Waals surface area contributed by atoms with Gasteiger partial charge in [0.2, 0.25) is 10.0 Å². The van der Waals surface area contributed by atoms with E-state index in [1.807, 2.05) is 0 Å². The Labute approximate surface area is 166 Å². The van der Waals surface area contributed by atoms with Crippen LogP contribution in [0.1, 0.15) is 29.8 Å². The van der Waals surface area contributed by atoms with Crippen molar-refractivity contribution in [1.29, 1.82) is 0 Å². The third kappa shape index (κ3) is 3.79. The summed E-state index contributed by atoms with van der Waals surface area (Å²) >= 11 is 0. The number of carbonyl (C=O) groups is 1. The van der Waals surface area contributed by atoms with Crippen molar-refractivity contribution in [2.45, 2.75) is 24.9 Å². The molecule has 0 spiro atoms. The van der Waals surface area contributed by atoms with Gasteiger partial charge in [0.05, 0.1) is 16.2 Å². The van der Waals surface area contributed by atoms with Gasteiger partial charge >= 0.3 is 6.18 Å². The van der Waals surface area contributed by atoms with Gasteiger partial charge in [-0.15, -0.1) is 0 Å². The summed E-state index contributed by atoms with van der Waals surface area (Å²) in [5, 5.41) is 0.392. The molecule has 3 rings (SSSR count). The van der Waals surface area contributed by atoms with E-state index < -0.39 is 21.8 Å². The number of halogens is 3. The van der Waals surface area contributed by atoms with E-state index in [0.717, 1.165) is 12.1 Å². The van der Waals surface area contributed by atoms with E-state index in [1.54, 1.807) is 19.9 Å². The molecule has 29 heavy (non-hydrogen) atoms. The molecular formula is C20H19F3N2O3S. The van der Waals surface area contributed by atoms with Crippen LogP contribution in [-0.2, 0) is 16.2 Å². The minimum absolute atomic E-state index is 0.0507. The fourth-order valence-electron chi connectivity index (χ4n) is 3.24. The first-order valence-electron chi connectivity index (χ1n) is 8.92. The number of sulfonamides is 1. The van der Waals surface area contributed by atoms with Crippen molar-refractivity contribution >= 4 is 27.2 Å². The van der Waals surface area contributed by atoms with E-state index in [1.165, 1.54) is 28.6 Å². The maximum Gasteiger partial charge on any atom is 0.416 e. The van der Waals surface area contributed by atoms with Crippen molar-refractivity contribution in [3.8, 4) is 11.3 Å². The SMILES string of the molecule is CCN(CC)S(=O)(=O)c1ccc2[nH]c(-c3ccc(C(F)(F)F)cc3)c(C=O)c2c1. The van der Waals surface area contributed by atoms with Crippen molar-refractivity contribution in [3.05, 3.63) is 53.6 Å². The molecule has 0 bridgehead atoms. The molecule has 2 aromatic carbocycles. The third-order valence-electron chi connectivity index (χ3n) is 4.77. The zero-order valence-corrected chi connectivity index (χ0v) is 16.6. The molecular weight excluding hydrogens is 405 g/mol. The number of nitrogens with one attached hydrogen (secondary N) is 1. The first-order chi connectivity index (χ1) is 13.6. The number of aromatic nitrogens is 1. The minimum atomic E-state index is -4.46. The Kier molecular flexibility index (Phi) is 5.55. The van der Waals surface area contributed by atoms with E-state index in [0.29, 0.717) is 41.5 Å². The number of aldehydes is 1. The lowest BCUT2D eigenvalue weighted by molar-refractivity contribution is -0.137. The summed E-state index contributed by atoms with van der Waals surface area (Å²) < 4.78 is 65.2. The molecule has 0 saturated heterocycles. The van der Waals surface area contributed by atoms with Gasteiger partial charge in [-0.25, -0.2) is 8.42 Å². The van der Waals surface area contributed by atoms with Gasteiger partial charge in [-0.05, 0) is 35.9 Å². The zero-order chi connectivity index (χ0) is 21.4. The predicted molar refractivity (Wildman–Crippen MR) is 104 cm³/mol. The standard InChI is InChI=1S/C20H19F3N2O3S/c1-3-25(4-2)29(27,28)15-9-10-18-16(11-15)17(12-26)19(24-18)13-5-7-14(8-6-13)20(21,22)23/h5-12,24H,3-4H2,1-2H3. The van der Waals surface area contributed by atoms with Crippen LogP contribution in [0.25, 0.3) is 22.2 Å². The average Bonchev–Trinajstić information content (AvgIpc) is 3.06. The van der Waals surface area contributed by atoms with Gasteiger partial charge in [-0.1, -0.05) is 26.0 Å². The Morgan fingerprint density at radius 2 is 1.66 bits per heavy atom. The highest BCUT2D eigenvalue weighted by molar-refractivity contribution is 7.89. The molecule has 0 atom stereocenters. The lowest BCUT2D eigenvalue weighted by atomic mass is 10.0. The van der Waals surface area contributed by atoms with Crippen LogP contribution < -0.4 is 0 Å². The molecule has 0 unspecified atom stereocenters. The van der Waals surface area contributed by atoms with E-state index in [9.17, 15) is 26.4 Å². The Balaban J connectivity index is 2.13. The number of aromatic amines is 1. The summed E-state index contributed by atoms with van der Waals surface area (Å²) in [5.41, 5.74) is 0.639. The monoisotopic (exact) mass is 424 g/mol. The normalized spacial score (nSPS) is 12.6. The maximum absolute atomic E-state index is 12.8. The lowest BCUT2D eigenvalue weighted by Crippen LogP contribution is -2.30. The van der Waals surface area contributed by atoms with E-state index >= 15 is 0 Å². The molecule has 0 radical (unpaired) electrons. The average molecular weight is 424 g/mol. The van der Waals surface area contributed by atoms with Gasteiger partial charge < -0.3 is 4.98 Å². The smallest absolute Gasteiger partial charge is 0.354 e. The molecule has 154 valence electrons. The molecule has 0 aliphatic heterocycles. The van der Waals surface area contributed by atoms with Crippen LogP contribution in [-0.4, -0.2) is 37.1 Å². The number of carbonyl (C=O) groups excluding carboxylic acids is 1. The van der Waals surface area contributed by atoms with E-state index in [2.05, 4.69) is 4.98 Å². The van der Waals surface area contributed by atoms with Crippen molar-refractivity contribution in [2.24, 2.45) is 0 Å². The van der Waals surface area contributed by atoms with Gasteiger partial charge in [0.1, 0.15) is 0 Å². The molecule has 5 nitrogen and oxygen atoms in total. The number of rotatable bonds is 6. The molecule has 0 aliphatic carbocycles. The first-order valence-corrected chi connectivity index (χ1v) is 10.4. The van der Waals surface area contributed by atoms with Crippen LogP contribution in [0.5, 0.6) is 0 Å². The topological polar surface area (TPSA) is 70.2 Å². The largest absolute Gasteiger partial charge is 0.416 e. The lowest BCUT2D eigenvalue weighted by Gasteiger charge is -2.18. The Hall–Kier alpha value is -2.65. The Morgan fingerprint density at radius 3 is 2.17 bits per heavy atom. The molecule has 0 saturated carbocycles. The van der Waals surface area contributed by atoms with E-state index in [4.69, 9.17) is 0 Å². The number of nitrogens with zero attached hydrogens (tertiary/aromatic N) is 1. The molecule has 1 N–H and O–H groups in total. The Morgan fingerprint density at radius 1 is 1.03 bits per heavy atom. The fourth-order valence-corrected chi connectivity index (χ4v) is 4.73. The van der Waals surface area contributed by atoms with Crippen molar-refractivity contribution < 1.29 is 26.4 Å². The van der Waals surface area contributed by atoms with Crippen LogP contribution in [0.2, 0.25) is 0 Å². The fraction of sp³-hybridized carbons (Fsp3) is 0.250. The van der Waals surface area contributed by atoms with Crippen LogP contribution in [0.15, 0.2) is 47.4 Å². The molecule has 1 aromatic heterocycles. The summed E-state index contributed by atoms with van der Waals surface area (Å²) in [6, 6.07) is 8.82. The van der Waals surface area contributed by atoms with Gasteiger partial charge in [0.25, 0.3) is 0 Å². The van der Waals surface area contributed by atoms with Crippen LogP contribution in [0.4, 0.5) is 13.2 Å². The van der Waals surface area contributed by atoms with Gasteiger partial charge in [-0.3, -0.25) is 4.79 Å². The predicted octanol–water partition coefficient (Wildman–Crippen LogP) is 4.70. The second kappa shape index (κ2) is 7.64. The number of alkyl halides is 3. The van der Waals surface area contributed by atoms with Crippen LogP contribution >= 0.6 is 0 Å². The van der Waals surface area contributed by atoms with Crippen molar-refractivity contribution in [2.75, 3.05) is 13.1 Å². The molecule has 0 amide bonds. The van der Waals surface area contributed by atoms with Crippen molar-refractivity contribution in [3.63, 3.8) is 0 Å². The summed E-state index contributed by atoms with van der Waals surface area (Å²) in [6.45, 7) is 4.08. The summed E-state index contributed by atoms with van der Waals surface area (Å²) in [6.07, 6.45) is -3.89. The van der Waals surface area contributed by atoms with E-state index in [-0.39, 0.29) is 10.5 Å². The molecule has 0 aliphatic rings. The quantitative estimate of drug-likeness (QED) is 0.584. The highest BCUT2D eigenvalue weighted by Gasteiger charge is 2.30. The van der Waals surface area contributed by atoms with Gasteiger partial charge in [0, 0.05) is 29.6 Å². The molecule has 0 fully saturated rings. The number of H-pyrrole nitrogens is 1. The summed E-state index contributed by atoms with van der Waals surface area (Å²) in [4.78, 5) is 14.8. The van der Waals surface area contributed by atoms with Crippen LogP contribution in [0.3, 0.4) is 0 Å². The van der Waals surface area contributed by atoms with Gasteiger partial charge in [0.15, 0.2) is 6.29 Å². The third-order valence-corrected chi connectivity index (χ3v) is 6.82.